The van der Waals surface area contributed by atoms with Crippen molar-refractivity contribution in [1.29, 1.82) is 0 Å². The third-order valence-electron chi connectivity index (χ3n) is 3.68. The average Bonchev–Trinajstić information content (AvgIpc) is 3.12. The molecule has 1 amide bonds. The lowest BCUT2D eigenvalue weighted by molar-refractivity contribution is -0.142. The van der Waals surface area contributed by atoms with E-state index in [4.69, 9.17) is 16.3 Å². The van der Waals surface area contributed by atoms with Gasteiger partial charge in [0.25, 0.3) is 5.91 Å². The van der Waals surface area contributed by atoms with Crippen LogP contribution in [0.3, 0.4) is 0 Å². The van der Waals surface area contributed by atoms with Gasteiger partial charge < -0.3 is 10.1 Å². The number of alkyl halides is 3. The maximum Gasteiger partial charge on any atom is 0.433 e. The van der Waals surface area contributed by atoms with Gasteiger partial charge >= 0.3 is 6.18 Å². The summed E-state index contributed by atoms with van der Waals surface area (Å²) in [4.78, 5) is 16.2. The number of carbonyl (C=O) groups is 1. The average molecular weight is 363 g/mol. The summed E-state index contributed by atoms with van der Waals surface area (Å²) in [5, 5.41) is 6.08. The van der Waals surface area contributed by atoms with Gasteiger partial charge in [0, 0.05) is 18.8 Å². The minimum atomic E-state index is -4.65. The largest absolute Gasteiger partial charge is 0.433 e. The summed E-state index contributed by atoms with van der Waals surface area (Å²) in [5.74, 6) is -0.660. The molecule has 1 atom stereocenters. The minimum absolute atomic E-state index is 0.101. The van der Waals surface area contributed by atoms with Crippen molar-refractivity contribution >= 4 is 23.2 Å². The Labute approximate surface area is 139 Å². The van der Waals surface area contributed by atoms with Crippen LogP contribution in [0, 0.1) is 6.92 Å². The number of rotatable bonds is 3. The van der Waals surface area contributed by atoms with E-state index in [0.29, 0.717) is 11.1 Å². The Morgan fingerprint density at radius 2 is 2.29 bits per heavy atom. The van der Waals surface area contributed by atoms with Crippen molar-refractivity contribution in [2.45, 2.75) is 32.0 Å². The molecule has 0 aliphatic carbocycles. The first-order chi connectivity index (χ1) is 11.3. The van der Waals surface area contributed by atoms with Gasteiger partial charge in [-0.3, -0.25) is 4.79 Å². The van der Waals surface area contributed by atoms with Crippen LogP contribution in [0.2, 0.25) is 5.02 Å². The van der Waals surface area contributed by atoms with Gasteiger partial charge in [0.2, 0.25) is 0 Å². The molecule has 1 unspecified atom stereocenters. The highest BCUT2D eigenvalue weighted by molar-refractivity contribution is 6.36. The second-order valence-corrected chi connectivity index (χ2v) is 5.90. The molecule has 1 fully saturated rings. The highest BCUT2D eigenvalue weighted by Crippen LogP contribution is 2.32. The molecule has 0 saturated carbocycles. The molecule has 130 valence electrons. The first-order valence-electron chi connectivity index (χ1n) is 7.30. The van der Waals surface area contributed by atoms with E-state index in [1.54, 1.807) is 0 Å². The van der Waals surface area contributed by atoms with E-state index >= 15 is 0 Å². The van der Waals surface area contributed by atoms with Gasteiger partial charge in [-0.15, -0.1) is 0 Å². The van der Waals surface area contributed by atoms with E-state index in [-0.39, 0.29) is 34.7 Å². The summed E-state index contributed by atoms with van der Waals surface area (Å²) in [6.45, 7) is 2.30. The topological polar surface area (TPSA) is 68.5 Å². The number of hydrogen-bond donors (Lipinski definition) is 1. The Morgan fingerprint density at radius 1 is 1.54 bits per heavy atom. The van der Waals surface area contributed by atoms with Crippen LogP contribution < -0.4 is 5.32 Å². The van der Waals surface area contributed by atoms with Crippen LogP contribution in [0.25, 0.3) is 5.65 Å². The fourth-order valence-corrected chi connectivity index (χ4v) is 2.80. The third kappa shape index (κ3) is 3.18. The molecule has 3 rings (SSSR count). The number of nitrogens with one attached hydrogen (secondary N) is 1. The number of ether oxygens (including phenoxy) is 1. The second-order valence-electron chi connectivity index (χ2n) is 5.52. The van der Waals surface area contributed by atoms with Crippen molar-refractivity contribution in [3.05, 3.63) is 28.2 Å². The van der Waals surface area contributed by atoms with Crippen molar-refractivity contribution in [3.8, 4) is 0 Å². The Morgan fingerprint density at radius 3 is 2.92 bits per heavy atom. The zero-order valence-corrected chi connectivity index (χ0v) is 13.4. The van der Waals surface area contributed by atoms with Crippen molar-refractivity contribution in [3.63, 3.8) is 0 Å². The first kappa shape index (κ1) is 17.0. The molecule has 1 N–H and O–H groups in total. The molecule has 0 bridgehead atoms. The van der Waals surface area contributed by atoms with Crippen LogP contribution in [0.1, 0.15) is 34.7 Å². The molecule has 3 heterocycles. The normalized spacial score (nSPS) is 18.3. The SMILES string of the molecule is Cc1cc(C(F)(F)F)n2nc(C(=O)NCC3CCCO3)c(Cl)c2n1. The first-order valence-corrected chi connectivity index (χ1v) is 7.68. The molecule has 10 heteroatoms. The molecule has 2 aromatic heterocycles. The molecular formula is C14H14ClF3N4O2. The van der Waals surface area contributed by atoms with E-state index in [9.17, 15) is 18.0 Å². The number of amides is 1. The summed E-state index contributed by atoms with van der Waals surface area (Å²) >= 11 is 6.04. The van der Waals surface area contributed by atoms with Gasteiger partial charge in [-0.2, -0.15) is 18.3 Å². The van der Waals surface area contributed by atoms with Crippen LogP contribution >= 0.6 is 11.6 Å². The Balaban J connectivity index is 1.94. The molecule has 1 aliphatic heterocycles. The summed E-state index contributed by atoms with van der Waals surface area (Å²) in [6.07, 6.45) is -3.02. The van der Waals surface area contributed by atoms with Crippen molar-refractivity contribution < 1.29 is 22.7 Å². The highest BCUT2D eigenvalue weighted by Gasteiger charge is 2.36. The molecule has 1 saturated heterocycles. The monoisotopic (exact) mass is 362 g/mol. The van der Waals surface area contributed by atoms with Gasteiger partial charge in [0.15, 0.2) is 11.3 Å². The van der Waals surface area contributed by atoms with Crippen molar-refractivity contribution in [2.75, 3.05) is 13.2 Å². The van der Waals surface area contributed by atoms with E-state index in [0.717, 1.165) is 18.9 Å². The lowest BCUT2D eigenvalue weighted by atomic mass is 10.2. The van der Waals surface area contributed by atoms with Crippen LogP contribution in [-0.2, 0) is 10.9 Å². The van der Waals surface area contributed by atoms with E-state index in [1.165, 1.54) is 6.92 Å². The zero-order valence-electron chi connectivity index (χ0n) is 12.7. The van der Waals surface area contributed by atoms with Gasteiger partial charge in [0.1, 0.15) is 10.7 Å². The van der Waals surface area contributed by atoms with E-state index in [1.807, 2.05) is 0 Å². The molecule has 24 heavy (non-hydrogen) atoms. The number of hydrogen-bond acceptors (Lipinski definition) is 4. The molecule has 2 aromatic rings. The lowest BCUT2D eigenvalue weighted by Gasteiger charge is -2.09. The standard InChI is InChI=1S/C14H14ClF3N4O2/c1-7-5-9(14(16,17)18)22-12(20-7)10(15)11(21-22)13(23)19-6-8-3-2-4-24-8/h5,8H,2-4,6H2,1H3,(H,19,23). The number of aromatic nitrogens is 3. The lowest BCUT2D eigenvalue weighted by Crippen LogP contribution is -2.32. The maximum absolute atomic E-state index is 13.1. The van der Waals surface area contributed by atoms with Gasteiger partial charge in [0.05, 0.1) is 6.10 Å². The Bertz CT molecular complexity index is 784. The smallest absolute Gasteiger partial charge is 0.376 e. The van der Waals surface area contributed by atoms with Crippen LogP contribution in [-0.4, -0.2) is 39.8 Å². The summed E-state index contributed by atoms with van der Waals surface area (Å²) < 4.78 is 45.4. The van der Waals surface area contributed by atoms with Crippen LogP contribution in [0.4, 0.5) is 13.2 Å². The summed E-state index contributed by atoms with van der Waals surface area (Å²) in [6, 6.07) is 0.852. The molecular weight excluding hydrogens is 349 g/mol. The van der Waals surface area contributed by atoms with Crippen LogP contribution in [0.15, 0.2) is 6.07 Å². The number of halogens is 4. The van der Waals surface area contributed by atoms with Crippen molar-refractivity contribution in [2.24, 2.45) is 0 Å². The summed E-state index contributed by atoms with van der Waals surface area (Å²) in [5.41, 5.74) is -1.41. The number of carbonyl (C=O) groups excluding carboxylic acids is 1. The van der Waals surface area contributed by atoms with Gasteiger partial charge in [-0.1, -0.05) is 11.6 Å². The molecule has 1 aliphatic rings. The van der Waals surface area contributed by atoms with E-state index in [2.05, 4.69) is 15.4 Å². The predicted octanol–water partition coefficient (Wildman–Crippen LogP) is 2.62. The number of aryl methyl sites for hydroxylation is 1. The third-order valence-corrected chi connectivity index (χ3v) is 4.03. The fourth-order valence-electron chi connectivity index (χ4n) is 2.56. The minimum Gasteiger partial charge on any atom is -0.376 e. The highest BCUT2D eigenvalue weighted by atomic mass is 35.5. The van der Waals surface area contributed by atoms with E-state index < -0.39 is 17.8 Å². The second kappa shape index (κ2) is 6.21. The quantitative estimate of drug-likeness (QED) is 0.911. The Hall–Kier alpha value is -1.87. The summed E-state index contributed by atoms with van der Waals surface area (Å²) in [7, 11) is 0. The maximum atomic E-state index is 13.1. The number of nitrogens with zero attached hydrogens (tertiary/aromatic N) is 3. The predicted molar refractivity (Wildman–Crippen MR) is 79.0 cm³/mol. The van der Waals surface area contributed by atoms with Crippen LogP contribution in [0.5, 0.6) is 0 Å². The van der Waals surface area contributed by atoms with Crippen molar-refractivity contribution in [1.82, 2.24) is 19.9 Å². The Kier molecular flexibility index (Phi) is 4.39. The van der Waals surface area contributed by atoms with Gasteiger partial charge in [-0.25, -0.2) is 9.50 Å². The number of fused-ring (bicyclic) bond motifs is 1. The molecule has 0 radical (unpaired) electrons. The zero-order chi connectivity index (χ0) is 17.5. The molecule has 0 aromatic carbocycles. The fraction of sp³-hybridized carbons (Fsp3) is 0.500. The van der Waals surface area contributed by atoms with Gasteiger partial charge in [-0.05, 0) is 25.8 Å². The molecule has 6 nitrogen and oxygen atoms in total. The molecule has 0 spiro atoms.